The van der Waals surface area contributed by atoms with Crippen molar-refractivity contribution >= 4 is 34.6 Å². The largest absolute Gasteiger partial charge is 0.338 e. The molecule has 3 aromatic rings. The fourth-order valence-electron chi connectivity index (χ4n) is 2.73. The molecule has 1 heterocycles. The summed E-state index contributed by atoms with van der Waals surface area (Å²) < 4.78 is 15.4. The van der Waals surface area contributed by atoms with Gasteiger partial charge < -0.3 is 5.32 Å². The minimum Gasteiger partial charge on any atom is -0.338 e. The molecule has 0 saturated heterocycles. The molecule has 0 aliphatic carbocycles. The lowest BCUT2D eigenvalue weighted by atomic mass is 10.2. The van der Waals surface area contributed by atoms with E-state index in [1.807, 2.05) is 6.92 Å². The van der Waals surface area contributed by atoms with E-state index in [2.05, 4.69) is 15.6 Å². The number of rotatable bonds is 6. The van der Waals surface area contributed by atoms with E-state index in [1.54, 1.807) is 43.3 Å². The summed E-state index contributed by atoms with van der Waals surface area (Å²) in [5.41, 5.74) is 0.861. The van der Waals surface area contributed by atoms with Crippen LogP contribution in [-0.4, -0.2) is 33.8 Å². The molecule has 0 bridgehead atoms. The smallest absolute Gasteiger partial charge is 0.321 e. The van der Waals surface area contributed by atoms with Crippen LogP contribution >= 0.6 is 11.8 Å². The summed E-state index contributed by atoms with van der Waals surface area (Å²) in [6, 6.07) is 10.7. The fourth-order valence-corrected chi connectivity index (χ4v) is 3.55. The number of para-hydroxylation sites is 1. The highest BCUT2D eigenvalue weighted by molar-refractivity contribution is 7.99. The molecule has 2 aromatic carbocycles. The van der Waals surface area contributed by atoms with E-state index >= 15 is 0 Å². The summed E-state index contributed by atoms with van der Waals surface area (Å²) in [6.45, 7) is 3.98. The molecule has 0 spiro atoms. The molecule has 0 saturated carbocycles. The maximum absolute atomic E-state index is 14.2. The number of aryl methyl sites for hydroxylation is 1. The number of hydrogen-bond donors (Lipinski definition) is 2. The zero-order chi connectivity index (χ0) is 21.7. The average molecular weight is 428 g/mol. The van der Waals surface area contributed by atoms with E-state index in [4.69, 9.17) is 0 Å². The van der Waals surface area contributed by atoms with Gasteiger partial charge in [0.1, 0.15) is 5.82 Å². The maximum atomic E-state index is 14.2. The normalized spacial score (nSPS) is 10.8. The van der Waals surface area contributed by atoms with Gasteiger partial charge >= 0.3 is 6.03 Å². The van der Waals surface area contributed by atoms with E-state index in [1.165, 1.54) is 10.6 Å². The van der Waals surface area contributed by atoms with E-state index in [0.717, 1.165) is 18.2 Å². The van der Waals surface area contributed by atoms with Gasteiger partial charge in [0.25, 0.3) is 5.56 Å². The number of nitrogens with one attached hydrogen (secondary N) is 2. The first-order chi connectivity index (χ1) is 14.4. The number of imide groups is 1. The van der Waals surface area contributed by atoms with Crippen LogP contribution in [0.3, 0.4) is 0 Å². The molecule has 2 N–H and O–H groups in total. The van der Waals surface area contributed by atoms with Crippen molar-refractivity contribution in [3.05, 3.63) is 64.2 Å². The van der Waals surface area contributed by atoms with Crippen LogP contribution in [0.25, 0.3) is 16.6 Å². The molecule has 0 atom stereocenters. The van der Waals surface area contributed by atoms with E-state index in [9.17, 15) is 18.8 Å². The van der Waals surface area contributed by atoms with Gasteiger partial charge in [-0.25, -0.2) is 14.2 Å². The molecule has 9 heteroatoms. The molecule has 3 rings (SSSR count). The van der Waals surface area contributed by atoms with Gasteiger partial charge in [0, 0.05) is 6.54 Å². The van der Waals surface area contributed by atoms with Crippen molar-refractivity contribution in [2.45, 2.75) is 25.4 Å². The van der Waals surface area contributed by atoms with Crippen LogP contribution in [0.5, 0.6) is 0 Å². The van der Waals surface area contributed by atoms with Gasteiger partial charge in [0.2, 0.25) is 5.91 Å². The Kier molecular flexibility index (Phi) is 6.83. The van der Waals surface area contributed by atoms with Crippen molar-refractivity contribution < 1.29 is 14.0 Å². The third-order valence-electron chi connectivity index (χ3n) is 4.28. The van der Waals surface area contributed by atoms with Crippen molar-refractivity contribution in [2.75, 3.05) is 12.3 Å². The molecular formula is C21H21FN4O3S. The van der Waals surface area contributed by atoms with Crippen LogP contribution in [0, 0.1) is 12.7 Å². The van der Waals surface area contributed by atoms with Gasteiger partial charge in [-0.15, -0.1) is 0 Å². The van der Waals surface area contributed by atoms with Crippen molar-refractivity contribution in [1.29, 1.82) is 0 Å². The van der Waals surface area contributed by atoms with Crippen molar-refractivity contribution in [3.63, 3.8) is 0 Å². The predicted molar refractivity (Wildman–Crippen MR) is 115 cm³/mol. The summed E-state index contributed by atoms with van der Waals surface area (Å²) in [6.07, 6.45) is 0.747. The second kappa shape index (κ2) is 9.53. The van der Waals surface area contributed by atoms with E-state index in [-0.39, 0.29) is 16.5 Å². The molecular weight excluding hydrogens is 407 g/mol. The lowest BCUT2D eigenvalue weighted by molar-refractivity contribution is -0.117. The fraction of sp³-hybridized carbons (Fsp3) is 0.238. The van der Waals surface area contributed by atoms with Crippen LogP contribution in [0.15, 0.2) is 52.4 Å². The average Bonchev–Trinajstić information content (AvgIpc) is 2.73. The SMILES string of the molecule is CCCNC(=O)NC(=O)CSc1nc2ccccc2c(=O)n1-c1ccc(C)c(F)c1. The third-order valence-corrected chi connectivity index (χ3v) is 5.22. The Morgan fingerprint density at radius 3 is 2.70 bits per heavy atom. The summed E-state index contributed by atoms with van der Waals surface area (Å²) >= 11 is 0.992. The first kappa shape index (κ1) is 21.5. The standard InChI is InChI=1S/C21H21FN4O3S/c1-3-10-23-20(29)25-18(27)12-30-21-24-17-7-5-4-6-15(17)19(28)26(21)14-9-8-13(2)16(22)11-14/h4-9,11H,3,10,12H2,1-2H3,(H2,23,25,27,29). The number of thioether (sulfide) groups is 1. The lowest BCUT2D eigenvalue weighted by Crippen LogP contribution is -2.40. The Hall–Kier alpha value is -3.20. The summed E-state index contributed by atoms with van der Waals surface area (Å²) in [4.78, 5) is 41.4. The minimum atomic E-state index is -0.577. The number of nitrogens with zero attached hydrogens (tertiary/aromatic N) is 2. The molecule has 0 fully saturated rings. The number of aromatic nitrogens is 2. The molecule has 30 heavy (non-hydrogen) atoms. The quantitative estimate of drug-likeness (QED) is 0.465. The maximum Gasteiger partial charge on any atom is 0.321 e. The summed E-state index contributed by atoms with van der Waals surface area (Å²) in [5, 5.41) is 5.39. The number of fused-ring (bicyclic) bond motifs is 1. The molecule has 0 radical (unpaired) electrons. The zero-order valence-electron chi connectivity index (χ0n) is 16.6. The topological polar surface area (TPSA) is 93.1 Å². The number of carbonyl (C=O) groups is 2. The highest BCUT2D eigenvalue weighted by Gasteiger charge is 2.16. The second-order valence-corrected chi connectivity index (χ2v) is 7.52. The van der Waals surface area contributed by atoms with Gasteiger partial charge in [0.05, 0.1) is 22.3 Å². The zero-order valence-corrected chi connectivity index (χ0v) is 17.4. The van der Waals surface area contributed by atoms with Crippen LogP contribution < -0.4 is 16.2 Å². The lowest BCUT2D eigenvalue weighted by Gasteiger charge is -2.14. The van der Waals surface area contributed by atoms with Crippen molar-refractivity contribution in [2.24, 2.45) is 0 Å². The monoisotopic (exact) mass is 428 g/mol. The van der Waals surface area contributed by atoms with Crippen LogP contribution in [0.1, 0.15) is 18.9 Å². The molecule has 3 amide bonds. The molecule has 156 valence electrons. The summed E-state index contributed by atoms with van der Waals surface area (Å²) in [7, 11) is 0. The predicted octanol–water partition coefficient (Wildman–Crippen LogP) is 3.16. The number of hydrogen-bond acceptors (Lipinski definition) is 5. The molecule has 0 aliphatic rings. The molecule has 0 aliphatic heterocycles. The van der Waals surface area contributed by atoms with Crippen molar-refractivity contribution in [1.82, 2.24) is 20.2 Å². The highest BCUT2D eigenvalue weighted by Crippen LogP contribution is 2.22. The Morgan fingerprint density at radius 1 is 1.20 bits per heavy atom. The minimum absolute atomic E-state index is 0.140. The Labute approximate surface area is 176 Å². The van der Waals surface area contributed by atoms with Crippen LogP contribution in [-0.2, 0) is 4.79 Å². The number of urea groups is 1. The van der Waals surface area contributed by atoms with Gasteiger partial charge in [0.15, 0.2) is 5.16 Å². The molecule has 7 nitrogen and oxygen atoms in total. The first-order valence-electron chi connectivity index (χ1n) is 9.39. The molecule has 0 unspecified atom stereocenters. The Morgan fingerprint density at radius 2 is 1.97 bits per heavy atom. The van der Waals surface area contributed by atoms with Gasteiger partial charge in [-0.2, -0.15) is 0 Å². The van der Waals surface area contributed by atoms with Crippen LogP contribution in [0.4, 0.5) is 9.18 Å². The van der Waals surface area contributed by atoms with E-state index in [0.29, 0.717) is 28.7 Å². The second-order valence-electron chi connectivity index (χ2n) is 6.58. The molecule has 1 aromatic heterocycles. The van der Waals surface area contributed by atoms with Gasteiger partial charge in [-0.1, -0.05) is 36.9 Å². The van der Waals surface area contributed by atoms with Crippen LogP contribution in [0.2, 0.25) is 0 Å². The highest BCUT2D eigenvalue weighted by atomic mass is 32.2. The Bertz CT molecular complexity index is 1160. The van der Waals surface area contributed by atoms with Gasteiger partial charge in [-0.3, -0.25) is 19.5 Å². The summed E-state index contributed by atoms with van der Waals surface area (Å²) in [5.74, 6) is -1.12. The number of amides is 3. The first-order valence-corrected chi connectivity index (χ1v) is 10.4. The number of benzene rings is 2. The van der Waals surface area contributed by atoms with Crippen molar-refractivity contribution in [3.8, 4) is 5.69 Å². The van der Waals surface area contributed by atoms with E-state index < -0.39 is 17.8 Å². The number of halogens is 1. The Balaban J connectivity index is 1.94. The van der Waals surface area contributed by atoms with Gasteiger partial charge in [-0.05, 0) is 43.2 Å². The number of carbonyl (C=O) groups excluding carboxylic acids is 2. The third kappa shape index (κ3) is 4.85.